The quantitative estimate of drug-likeness (QED) is 0.213. The topological polar surface area (TPSA) is 63.5 Å². The molecule has 0 atom stereocenters. The van der Waals surface area contributed by atoms with Gasteiger partial charge in [0.1, 0.15) is 12.4 Å². The van der Waals surface area contributed by atoms with Crippen LogP contribution in [0.2, 0.25) is 0 Å². The molecule has 0 spiro atoms. The highest BCUT2D eigenvalue weighted by Gasteiger charge is 2.02. The number of halogens is 1. The Labute approximate surface area is 189 Å². The van der Waals surface area contributed by atoms with Gasteiger partial charge in [-0.15, -0.1) is 24.0 Å². The molecule has 154 valence electrons. The number of ether oxygens (including phenoxy) is 1. The molecule has 0 fully saturated rings. The predicted molar refractivity (Wildman–Crippen MR) is 128 cm³/mol. The summed E-state index contributed by atoms with van der Waals surface area (Å²) in [6.45, 7) is 4.73. The molecule has 0 amide bonds. The van der Waals surface area contributed by atoms with E-state index in [0.717, 1.165) is 23.8 Å². The lowest BCUT2D eigenvalue weighted by Crippen LogP contribution is -2.38. The maximum absolute atomic E-state index is 5.72. The molecule has 0 unspecified atom stereocenters. The number of guanidine groups is 1. The molecule has 7 heteroatoms. The molecule has 1 heterocycles. The molecular weight excluding hydrogens is 477 g/mol. The first kappa shape index (κ1) is 22.7. The van der Waals surface area contributed by atoms with Gasteiger partial charge < -0.3 is 15.4 Å². The number of nitrogens with one attached hydrogen (secondary N) is 2. The number of hydrogen-bond acceptors (Lipinski definition) is 3. The van der Waals surface area contributed by atoms with E-state index in [0.29, 0.717) is 19.7 Å². The summed E-state index contributed by atoms with van der Waals surface area (Å²) >= 11 is 0. The first-order chi connectivity index (χ1) is 13.7. The average Bonchev–Trinajstić information content (AvgIpc) is 3.17. The van der Waals surface area contributed by atoms with Gasteiger partial charge in [-0.2, -0.15) is 5.10 Å². The number of hydrogen-bond donors (Lipinski definition) is 2. The summed E-state index contributed by atoms with van der Waals surface area (Å²) in [5.41, 5.74) is 3.56. The minimum Gasteiger partial charge on any atom is -0.492 e. The molecule has 29 heavy (non-hydrogen) atoms. The van der Waals surface area contributed by atoms with Crippen LogP contribution in [-0.2, 0) is 13.1 Å². The van der Waals surface area contributed by atoms with E-state index >= 15 is 0 Å². The second-order valence-corrected chi connectivity index (χ2v) is 6.55. The third-order valence-corrected chi connectivity index (χ3v) is 4.24. The Kier molecular flexibility index (Phi) is 9.49. The van der Waals surface area contributed by atoms with Crippen LogP contribution < -0.4 is 15.4 Å². The van der Waals surface area contributed by atoms with E-state index in [1.54, 1.807) is 7.05 Å². The third-order valence-electron chi connectivity index (χ3n) is 4.24. The fraction of sp³-hybridized carbons (Fsp3) is 0.273. The van der Waals surface area contributed by atoms with Crippen molar-refractivity contribution in [2.24, 2.45) is 4.99 Å². The van der Waals surface area contributed by atoms with Crippen LogP contribution in [-0.4, -0.2) is 35.9 Å². The first-order valence-electron chi connectivity index (χ1n) is 9.42. The first-order valence-corrected chi connectivity index (χ1v) is 9.42. The van der Waals surface area contributed by atoms with Crippen molar-refractivity contribution in [3.8, 4) is 5.75 Å². The molecule has 0 saturated carbocycles. The fourth-order valence-corrected chi connectivity index (χ4v) is 2.73. The summed E-state index contributed by atoms with van der Waals surface area (Å²) in [4.78, 5) is 4.25. The Morgan fingerprint density at radius 1 is 1.03 bits per heavy atom. The molecular formula is C22H28IN5O. The van der Waals surface area contributed by atoms with Crippen molar-refractivity contribution in [2.75, 3.05) is 20.2 Å². The summed E-state index contributed by atoms with van der Waals surface area (Å²) in [6, 6.07) is 18.4. The number of aromatic nitrogens is 2. The van der Waals surface area contributed by atoms with Crippen LogP contribution >= 0.6 is 24.0 Å². The minimum atomic E-state index is 0. The van der Waals surface area contributed by atoms with Gasteiger partial charge in [0.15, 0.2) is 5.96 Å². The summed E-state index contributed by atoms with van der Waals surface area (Å²) in [5.74, 6) is 1.62. The van der Waals surface area contributed by atoms with E-state index in [1.807, 2.05) is 59.5 Å². The lowest BCUT2D eigenvalue weighted by molar-refractivity contribution is 0.322. The molecule has 0 aliphatic rings. The molecule has 0 aliphatic heterocycles. The monoisotopic (exact) mass is 505 g/mol. The lowest BCUT2D eigenvalue weighted by Gasteiger charge is -2.12. The summed E-state index contributed by atoms with van der Waals surface area (Å²) in [6.07, 6.45) is 3.93. The number of nitrogens with zero attached hydrogens (tertiary/aromatic N) is 3. The second kappa shape index (κ2) is 12.1. The average molecular weight is 505 g/mol. The van der Waals surface area contributed by atoms with Crippen molar-refractivity contribution >= 4 is 29.9 Å². The number of aliphatic imine (C=N–C) groups is 1. The van der Waals surface area contributed by atoms with Gasteiger partial charge >= 0.3 is 0 Å². The Morgan fingerprint density at radius 3 is 2.52 bits per heavy atom. The highest BCUT2D eigenvalue weighted by Crippen LogP contribution is 2.10. The van der Waals surface area contributed by atoms with Gasteiger partial charge in [-0.3, -0.25) is 9.67 Å². The van der Waals surface area contributed by atoms with Crippen molar-refractivity contribution < 1.29 is 4.74 Å². The van der Waals surface area contributed by atoms with Crippen LogP contribution in [0.15, 0.2) is 72.0 Å². The number of aryl methyl sites for hydroxylation is 1. The van der Waals surface area contributed by atoms with Crippen molar-refractivity contribution in [3.63, 3.8) is 0 Å². The van der Waals surface area contributed by atoms with Crippen molar-refractivity contribution in [3.05, 3.63) is 83.7 Å². The molecule has 3 aromatic rings. The zero-order chi connectivity index (χ0) is 19.6. The molecule has 2 N–H and O–H groups in total. The molecule has 0 bridgehead atoms. The summed E-state index contributed by atoms with van der Waals surface area (Å²) in [5, 5.41) is 11.0. The highest BCUT2D eigenvalue weighted by atomic mass is 127. The van der Waals surface area contributed by atoms with E-state index in [4.69, 9.17) is 4.74 Å². The maximum Gasteiger partial charge on any atom is 0.191 e. The fourth-order valence-electron chi connectivity index (χ4n) is 2.73. The SMILES string of the molecule is CN=C(NCCOc1ccc(C)cc1)NCc1cnn(Cc2ccccc2)c1.I. The van der Waals surface area contributed by atoms with Gasteiger partial charge in [0.25, 0.3) is 0 Å². The van der Waals surface area contributed by atoms with Gasteiger partial charge in [0, 0.05) is 25.4 Å². The standard InChI is InChI=1S/C22H27N5O.HI/c1-18-8-10-21(11-9-18)28-13-12-24-22(23-2)25-14-20-15-26-27(17-20)16-19-6-4-3-5-7-19;/h3-11,15,17H,12-14,16H2,1-2H3,(H2,23,24,25);1H. The lowest BCUT2D eigenvalue weighted by atomic mass is 10.2. The van der Waals surface area contributed by atoms with Crippen LogP contribution in [0.3, 0.4) is 0 Å². The van der Waals surface area contributed by atoms with Gasteiger partial charge in [-0.05, 0) is 24.6 Å². The Balaban J connectivity index is 0.00000300. The van der Waals surface area contributed by atoms with Crippen LogP contribution in [0.5, 0.6) is 5.75 Å². The molecule has 0 radical (unpaired) electrons. The smallest absolute Gasteiger partial charge is 0.191 e. The van der Waals surface area contributed by atoms with Crippen LogP contribution in [0.4, 0.5) is 0 Å². The molecule has 0 aliphatic carbocycles. The Morgan fingerprint density at radius 2 is 1.79 bits per heavy atom. The maximum atomic E-state index is 5.72. The van der Waals surface area contributed by atoms with E-state index in [1.165, 1.54) is 11.1 Å². The van der Waals surface area contributed by atoms with Crippen LogP contribution in [0.25, 0.3) is 0 Å². The Hall–Kier alpha value is -2.55. The van der Waals surface area contributed by atoms with E-state index in [-0.39, 0.29) is 24.0 Å². The van der Waals surface area contributed by atoms with Gasteiger partial charge in [0.2, 0.25) is 0 Å². The predicted octanol–water partition coefficient (Wildman–Crippen LogP) is 3.60. The number of rotatable bonds is 8. The largest absolute Gasteiger partial charge is 0.492 e. The minimum absolute atomic E-state index is 0. The molecule has 3 rings (SSSR count). The van der Waals surface area contributed by atoms with E-state index in [2.05, 4.69) is 39.8 Å². The van der Waals surface area contributed by atoms with Gasteiger partial charge in [-0.25, -0.2) is 0 Å². The zero-order valence-corrected chi connectivity index (χ0v) is 19.2. The van der Waals surface area contributed by atoms with Gasteiger partial charge in [0.05, 0.1) is 19.3 Å². The van der Waals surface area contributed by atoms with Gasteiger partial charge in [-0.1, -0.05) is 48.0 Å². The summed E-state index contributed by atoms with van der Waals surface area (Å²) in [7, 11) is 1.76. The third kappa shape index (κ3) is 7.77. The molecule has 0 saturated heterocycles. The highest BCUT2D eigenvalue weighted by molar-refractivity contribution is 14.0. The summed E-state index contributed by atoms with van der Waals surface area (Å²) < 4.78 is 7.66. The van der Waals surface area contributed by atoms with Crippen molar-refractivity contribution in [1.29, 1.82) is 0 Å². The Bertz CT molecular complexity index is 878. The zero-order valence-electron chi connectivity index (χ0n) is 16.8. The van der Waals surface area contributed by atoms with E-state index < -0.39 is 0 Å². The molecule has 1 aromatic heterocycles. The van der Waals surface area contributed by atoms with Crippen LogP contribution in [0, 0.1) is 6.92 Å². The number of benzene rings is 2. The molecule has 2 aromatic carbocycles. The van der Waals surface area contributed by atoms with E-state index in [9.17, 15) is 0 Å². The normalized spacial score (nSPS) is 10.9. The second-order valence-electron chi connectivity index (χ2n) is 6.55. The van der Waals surface area contributed by atoms with Crippen LogP contribution in [0.1, 0.15) is 16.7 Å². The van der Waals surface area contributed by atoms with Crippen molar-refractivity contribution in [1.82, 2.24) is 20.4 Å². The van der Waals surface area contributed by atoms with Crippen molar-refractivity contribution in [2.45, 2.75) is 20.0 Å². The molecule has 6 nitrogen and oxygen atoms in total.